The van der Waals surface area contributed by atoms with Gasteiger partial charge in [-0.05, 0) is 14.1 Å². The van der Waals surface area contributed by atoms with Gasteiger partial charge in [0, 0.05) is 52.4 Å². The normalized spacial score (nSPS) is 19.6. The van der Waals surface area contributed by atoms with Crippen LogP contribution in [0.2, 0.25) is 0 Å². The molecule has 1 rings (SSSR count). The van der Waals surface area contributed by atoms with Crippen LogP contribution in [-0.4, -0.2) is 121 Å². The first-order valence-electron chi connectivity index (χ1n) is 7.62. The Kier molecular flexibility index (Phi) is 8.32. The number of aliphatic carboxylic acids is 2. The maximum absolute atomic E-state index is 10.8. The topological polar surface area (TPSA) is 87.6 Å². The molecule has 0 atom stereocenters. The Balaban J connectivity index is 2.49. The maximum Gasteiger partial charge on any atom is 0.317 e. The molecular weight excluding hydrogens is 288 g/mol. The van der Waals surface area contributed by atoms with Gasteiger partial charge in [0.2, 0.25) is 0 Å². The highest BCUT2D eigenvalue weighted by atomic mass is 16.4. The van der Waals surface area contributed by atoms with Gasteiger partial charge in [0.1, 0.15) is 0 Å². The Morgan fingerprint density at radius 2 is 1.27 bits per heavy atom. The number of hydrogen-bond donors (Lipinski definition) is 2. The minimum absolute atomic E-state index is 0.236. The van der Waals surface area contributed by atoms with Gasteiger partial charge in [-0.25, -0.2) is 0 Å². The quantitative estimate of drug-likeness (QED) is 0.595. The van der Waals surface area contributed by atoms with Crippen LogP contribution >= 0.6 is 0 Å². The van der Waals surface area contributed by atoms with Crippen molar-refractivity contribution in [2.24, 2.45) is 0 Å². The molecule has 0 aromatic carbocycles. The third kappa shape index (κ3) is 8.28. The molecule has 1 aliphatic heterocycles. The fourth-order valence-corrected chi connectivity index (χ4v) is 2.40. The first kappa shape index (κ1) is 18.8. The van der Waals surface area contributed by atoms with Crippen molar-refractivity contribution < 1.29 is 19.8 Å². The summed E-state index contributed by atoms with van der Waals surface area (Å²) in [6.07, 6.45) is 0. The molecule has 1 aliphatic rings. The van der Waals surface area contributed by atoms with E-state index < -0.39 is 11.9 Å². The second kappa shape index (κ2) is 9.73. The second-order valence-corrected chi connectivity index (χ2v) is 5.95. The van der Waals surface area contributed by atoms with E-state index >= 15 is 0 Å². The maximum atomic E-state index is 10.8. The van der Waals surface area contributed by atoms with Crippen molar-refractivity contribution in [3.8, 4) is 0 Å². The Hall–Kier alpha value is -1.22. The molecule has 0 saturated carbocycles. The molecule has 1 saturated heterocycles. The van der Waals surface area contributed by atoms with Crippen LogP contribution in [0.1, 0.15) is 0 Å². The predicted molar refractivity (Wildman–Crippen MR) is 83.1 cm³/mol. The number of rotatable bonds is 7. The van der Waals surface area contributed by atoms with E-state index in [0.717, 1.165) is 39.3 Å². The fraction of sp³-hybridized carbons (Fsp3) is 0.857. The van der Waals surface area contributed by atoms with Crippen LogP contribution in [0, 0.1) is 0 Å². The number of carboxylic acid groups (broad SMARTS) is 2. The molecule has 8 heteroatoms. The zero-order chi connectivity index (χ0) is 16.5. The van der Waals surface area contributed by atoms with E-state index in [1.807, 2.05) is 0 Å². The molecule has 0 radical (unpaired) electrons. The van der Waals surface area contributed by atoms with E-state index in [1.54, 1.807) is 0 Å². The number of carbonyl (C=O) groups is 2. The van der Waals surface area contributed by atoms with Crippen LogP contribution in [0.15, 0.2) is 0 Å². The Morgan fingerprint density at radius 1 is 0.864 bits per heavy atom. The van der Waals surface area contributed by atoms with Crippen molar-refractivity contribution in [3.63, 3.8) is 0 Å². The summed E-state index contributed by atoms with van der Waals surface area (Å²) < 4.78 is 0. The van der Waals surface area contributed by atoms with Crippen LogP contribution in [0.5, 0.6) is 0 Å². The lowest BCUT2D eigenvalue weighted by Gasteiger charge is -2.27. The Bertz CT molecular complexity index is 337. The van der Waals surface area contributed by atoms with E-state index in [-0.39, 0.29) is 13.1 Å². The largest absolute Gasteiger partial charge is 0.480 e. The molecule has 0 aliphatic carbocycles. The molecule has 8 nitrogen and oxygen atoms in total. The summed E-state index contributed by atoms with van der Waals surface area (Å²) in [5.74, 6) is -1.99. The lowest BCUT2D eigenvalue weighted by molar-refractivity contribution is -0.141. The number of hydrogen-bond acceptors (Lipinski definition) is 6. The van der Waals surface area contributed by atoms with Gasteiger partial charge in [-0.3, -0.25) is 19.4 Å². The highest BCUT2D eigenvalue weighted by Gasteiger charge is 2.16. The summed E-state index contributed by atoms with van der Waals surface area (Å²) in [6.45, 7) is 6.49. The van der Waals surface area contributed by atoms with E-state index in [1.165, 1.54) is 4.90 Å². The zero-order valence-corrected chi connectivity index (χ0v) is 13.6. The lowest BCUT2D eigenvalue weighted by atomic mass is 10.3. The molecule has 22 heavy (non-hydrogen) atoms. The third-order valence-electron chi connectivity index (χ3n) is 3.91. The molecule has 1 heterocycles. The first-order chi connectivity index (χ1) is 10.4. The van der Waals surface area contributed by atoms with Crippen LogP contribution in [0.3, 0.4) is 0 Å². The zero-order valence-electron chi connectivity index (χ0n) is 13.6. The van der Waals surface area contributed by atoms with Gasteiger partial charge in [-0.2, -0.15) is 0 Å². The van der Waals surface area contributed by atoms with Crippen molar-refractivity contribution in [3.05, 3.63) is 0 Å². The van der Waals surface area contributed by atoms with E-state index in [4.69, 9.17) is 10.2 Å². The van der Waals surface area contributed by atoms with Crippen molar-refractivity contribution >= 4 is 11.9 Å². The number of likely N-dealkylation sites (N-methyl/N-ethyl adjacent to an activating group) is 2. The summed E-state index contributed by atoms with van der Waals surface area (Å²) in [5.41, 5.74) is 0. The molecule has 0 aromatic heterocycles. The van der Waals surface area contributed by atoms with E-state index in [0.29, 0.717) is 13.1 Å². The summed E-state index contributed by atoms with van der Waals surface area (Å²) in [6, 6.07) is 0. The average Bonchev–Trinajstić information content (AvgIpc) is 2.49. The fourth-order valence-electron chi connectivity index (χ4n) is 2.40. The highest BCUT2D eigenvalue weighted by Crippen LogP contribution is 1.99. The predicted octanol–water partition coefficient (Wildman–Crippen LogP) is -1.36. The molecule has 0 bridgehead atoms. The average molecular weight is 316 g/mol. The molecule has 0 unspecified atom stereocenters. The first-order valence-corrected chi connectivity index (χ1v) is 7.62. The SMILES string of the molecule is CN1CCN(C)CCN(CCN(CC(=O)O)CC(=O)O)CC1. The van der Waals surface area contributed by atoms with Gasteiger partial charge >= 0.3 is 11.9 Å². The molecule has 0 aromatic rings. The standard InChI is InChI=1S/C14H28N4O4/c1-15-3-4-16(2)6-8-17(7-5-15)9-10-18(11-13(19)20)12-14(21)22/h3-12H2,1-2H3,(H,19,20)(H,21,22). The summed E-state index contributed by atoms with van der Waals surface area (Å²) in [5, 5.41) is 17.7. The third-order valence-corrected chi connectivity index (χ3v) is 3.91. The second-order valence-electron chi connectivity index (χ2n) is 5.95. The van der Waals surface area contributed by atoms with E-state index in [9.17, 15) is 9.59 Å². The van der Waals surface area contributed by atoms with Gasteiger partial charge in [-0.1, -0.05) is 0 Å². The monoisotopic (exact) mass is 316 g/mol. The molecule has 0 spiro atoms. The number of nitrogens with zero attached hydrogens (tertiary/aromatic N) is 4. The minimum Gasteiger partial charge on any atom is -0.480 e. The molecule has 0 amide bonds. The summed E-state index contributed by atoms with van der Waals surface area (Å²) in [7, 11) is 4.19. The summed E-state index contributed by atoms with van der Waals surface area (Å²) >= 11 is 0. The van der Waals surface area contributed by atoms with Gasteiger partial charge < -0.3 is 20.0 Å². The van der Waals surface area contributed by atoms with Crippen molar-refractivity contribution in [2.45, 2.75) is 0 Å². The van der Waals surface area contributed by atoms with Crippen molar-refractivity contribution in [1.82, 2.24) is 19.6 Å². The highest BCUT2D eigenvalue weighted by molar-refractivity contribution is 5.72. The van der Waals surface area contributed by atoms with Crippen LogP contribution in [0.4, 0.5) is 0 Å². The van der Waals surface area contributed by atoms with Crippen LogP contribution in [-0.2, 0) is 9.59 Å². The van der Waals surface area contributed by atoms with Gasteiger partial charge in [0.05, 0.1) is 13.1 Å². The van der Waals surface area contributed by atoms with Gasteiger partial charge in [-0.15, -0.1) is 0 Å². The molecular formula is C14H28N4O4. The Labute approximate surface area is 131 Å². The molecule has 2 N–H and O–H groups in total. The molecule has 1 fully saturated rings. The Morgan fingerprint density at radius 3 is 1.68 bits per heavy atom. The smallest absolute Gasteiger partial charge is 0.317 e. The van der Waals surface area contributed by atoms with Gasteiger partial charge in [0.15, 0.2) is 0 Å². The van der Waals surface area contributed by atoms with Crippen LogP contribution in [0.25, 0.3) is 0 Å². The van der Waals surface area contributed by atoms with E-state index in [2.05, 4.69) is 28.8 Å². The van der Waals surface area contributed by atoms with Gasteiger partial charge in [0.25, 0.3) is 0 Å². The van der Waals surface area contributed by atoms with Crippen molar-refractivity contribution in [2.75, 3.05) is 79.5 Å². The molecule has 128 valence electrons. The summed E-state index contributed by atoms with van der Waals surface area (Å²) in [4.78, 5) is 29.9. The minimum atomic E-state index is -0.995. The van der Waals surface area contributed by atoms with Crippen molar-refractivity contribution in [1.29, 1.82) is 0 Å². The lowest BCUT2D eigenvalue weighted by Crippen LogP contribution is -2.43. The number of carboxylic acids is 2. The van der Waals surface area contributed by atoms with Crippen LogP contribution < -0.4 is 0 Å².